The molecule has 5 nitrogen and oxygen atoms in total. The number of hydrogen-bond donors (Lipinski definition) is 2. The van der Waals surface area contributed by atoms with Gasteiger partial charge in [-0.15, -0.1) is 24.8 Å². The first-order valence-electron chi connectivity index (χ1n) is 7.07. The van der Waals surface area contributed by atoms with Crippen LogP contribution in [0.25, 0.3) is 0 Å². The number of ether oxygens (including phenoxy) is 1. The Bertz CT molecular complexity index is 610. The van der Waals surface area contributed by atoms with Crippen LogP contribution in [0.15, 0.2) is 47.1 Å². The summed E-state index contributed by atoms with van der Waals surface area (Å²) in [5.41, 5.74) is 5.92. The van der Waals surface area contributed by atoms with Gasteiger partial charge in [0.05, 0.1) is 5.56 Å². The molecule has 1 aromatic heterocycles. The molecule has 0 spiro atoms. The topological polar surface area (TPSA) is 77.2 Å². The van der Waals surface area contributed by atoms with Gasteiger partial charge in [0.25, 0.3) is 5.91 Å². The first-order valence-corrected chi connectivity index (χ1v) is 7.86. The molecule has 0 bridgehead atoms. The summed E-state index contributed by atoms with van der Waals surface area (Å²) in [5.74, 6) is 0.997. The molecule has 2 rings (SSSR count). The standard InChI is InChI=1S/C16H18BrN3O2.2ClH/c17-13-4-6-14(7-5-13)22-15-8-3-12(11-20-15)16(21)19-10-2-1-9-18;;/h3-8,11H,1-2,9-10,18H2,(H,19,21);2*1H. The molecule has 0 aliphatic heterocycles. The molecule has 0 unspecified atom stereocenters. The number of nitrogens with two attached hydrogens (primary N) is 1. The molecule has 1 aromatic carbocycles. The molecule has 0 fully saturated rings. The molecule has 0 aliphatic carbocycles. The Morgan fingerprint density at radius 3 is 2.42 bits per heavy atom. The predicted octanol–water partition coefficient (Wildman–Crippen LogP) is 3.95. The van der Waals surface area contributed by atoms with E-state index in [0.717, 1.165) is 17.3 Å². The number of carbonyl (C=O) groups excluding carboxylic acids is 1. The fourth-order valence-corrected chi connectivity index (χ4v) is 2.04. The van der Waals surface area contributed by atoms with Crippen LogP contribution in [0.2, 0.25) is 0 Å². The van der Waals surface area contributed by atoms with Gasteiger partial charge < -0.3 is 15.8 Å². The van der Waals surface area contributed by atoms with Gasteiger partial charge in [-0.25, -0.2) is 4.98 Å². The highest BCUT2D eigenvalue weighted by molar-refractivity contribution is 9.10. The Labute approximate surface area is 162 Å². The molecule has 2 aromatic rings. The van der Waals surface area contributed by atoms with Crippen molar-refractivity contribution in [2.24, 2.45) is 5.73 Å². The van der Waals surface area contributed by atoms with Crippen molar-refractivity contribution >= 4 is 46.7 Å². The number of nitrogens with one attached hydrogen (secondary N) is 1. The molecule has 0 saturated heterocycles. The Balaban J connectivity index is 0.00000264. The van der Waals surface area contributed by atoms with Gasteiger partial charge >= 0.3 is 0 Å². The first kappa shape index (κ1) is 22.7. The number of pyridine rings is 1. The molecule has 24 heavy (non-hydrogen) atoms. The maximum atomic E-state index is 11.9. The maximum absolute atomic E-state index is 11.9. The molecule has 1 amide bonds. The molecule has 0 atom stereocenters. The third-order valence-electron chi connectivity index (χ3n) is 2.95. The van der Waals surface area contributed by atoms with Crippen LogP contribution in [-0.4, -0.2) is 24.0 Å². The van der Waals surface area contributed by atoms with Crippen LogP contribution < -0.4 is 15.8 Å². The summed E-state index contributed by atoms with van der Waals surface area (Å²) in [5, 5.41) is 2.83. The lowest BCUT2D eigenvalue weighted by molar-refractivity contribution is 0.0952. The number of amides is 1. The lowest BCUT2D eigenvalue weighted by Gasteiger charge is -2.07. The normalized spacial score (nSPS) is 9.42. The van der Waals surface area contributed by atoms with Crippen LogP contribution in [0.3, 0.4) is 0 Å². The highest BCUT2D eigenvalue weighted by atomic mass is 79.9. The number of aromatic nitrogens is 1. The average molecular weight is 437 g/mol. The van der Waals surface area contributed by atoms with Gasteiger partial charge in [-0.3, -0.25) is 4.79 Å². The third-order valence-corrected chi connectivity index (χ3v) is 3.48. The van der Waals surface area contributed by atoms with Gasteiger partial charge in [0.15, 0.2) is 0 Å². The van der Waals surface area contributed by atoms with Gasteiger partial charge in [0, 0.05) is 23.3 Å². The lowest BCUT2D eigenvalue weighted by Crippen LogP contribution is -2.24. The quantitative estimate of drug-likeness (QED) is 0.644. The second kappa shape index (κ2) is 12.1. The molecule has 132 valence electrons. The number of nitrogens with zero attached hydrogens (tertiary/aromatic N) is 1. The Morgan fingerprint density at radius 2 is 1.83 bits per heavy atom. The van der Waals surface area contributed by atoms with Gasteiger partial charge in [-0.05, 0) is 49.7 Å². The minimum Gasteiger partial charge on any atom is -0.439 e. The average Bonchev–Trinajstić information content (AvgIpc) is 2.54. The number of halogens is 3. The summed E-state index contributed by atoms with van der Waals surface area (Å²) in [4.78, 5) is 16.0. The summed E-state index contributed by atoms with van der Waals surface area (Å²) < 4.78 is 6.58. The third kappa shape index (κ3) is 7.49. The zero-order chi connectivity index (χ0) is 15.8. The Kier molecular flexibility index (Phi) is 11.4. The second-order valence-electron chi connectivity index (χ2n) is 4.69. The van der Waals surface area contributed by atoms with Crippen molar-refractivity contribution in [3.05, 3.63) is 52.6 Å². The number of hydrogen-bond acceptors (Lipinski definition) is 4. The molecular formula is C16H20BrCl2N3O2. The van der Waals surface area contributed by atoms with E-state index in [1.807, 2.05) is 24.3 Å². The highest BCUT2D eigenvalue weighted by Crippen LogP contribution is 2.21. The molecule has 8 heteroatoms. The maximum Gasteiger partial charge on any atom is 0.252 e. The van der Waals surface area contributed by atoms with Crippen LogP contribution >= 0.6 is 40.7 Å². The zero-order valence-electron chi connectivity index (χ0n) is 12.9. The minimum atomic E-state index is -0.139. The molecule has 0 aliphatic rings. The van der Waals surface area contributed by atoms with E-state index in [9.17, 15) is 4.79 Å². The highest BCUT2D eigenvalue weighted by Gasteiger charge is 2.06. The van der Waals surface area contributed by atoms with Crippen LogP contribution in [-0.2, 0) is 0 Å². The molecular weight excluding hydrogens is 417 g/mol. The van der Waals surface area contributed by atoms with E-state index in [2.05, 4.69) is 26.2 Å². The Hall–Kier alpha value is -1.34. The summed E-state index contributed by atoms with van der Waals surface area (Å²) in [6.45, 7) is 1.26. The number of unbranched alkanes of at least 4 members (excludes halogenated alkanes) is 1. The largest absolute Gasteiger partial charge is 0.439 e. The van der Waals surface area contributed by atoms with E-state index in [-0.39, 0.29) is 30.7 Å². The molecule has 0 saturated carbocycles. The lowest BCUT2D eigenvalue weighted by atomic mass is 10.2. The number of rotatable bonds is 7. The van der Waals surface area contributed by atoms with Crippen molar-refractivity contribution in [2.75, 3.05) is 13.1 Å². The van der Waals surface area contributed by atoms with E-state index in [1.54, 1.807) is 12.1 Å². The van der Waals surface area contributed by atoms with Crippen LogP contribution in [0.1, 0.15) is 23.2 Å². The van der Waals surface area contributed by atoms with E-state index in [0.29, 0.717) is 30.3 Å². The monoisotopic (exact) mass is 435 g/mol. The van der Waals surface area contributed by atoms with Gasteiger partial charge in [-0.2, -0.15) is 0 Å². The minimum absolute atomic E-state index is 0. The molecule has 0 radical (unpaired) electrons. The summed E-state index contributed by atoms with van der Waals surface area (Å²) in [6.07, 6.45) is 3.28. The van der Waals surface area contributed by atoms with Gasteiger partial charge in [-0.1, -0.05) is 15.9 Å². The van der Waals surface area contributed by atoms with E-state index >= 15 is 0 Å². The van der Waals surface area contributed by atoms with Crippen molar-refractivity contribution < 1.29 is 9.53 Å². The Morgan fingerprint density at radius 1 is 1.12 bits per heavy atom. The summed E-state index contributed by atoms with van der Waals surface area (Å²) in [6, 6.07) is 10.8. The zero-order valence-corrected chi connectivity index (χ0v) is 16.1. The SMILES string of the molecule is Cl.Cl.NCCCCNC(=O)c1ccc(Oc2ccc(Br)cc2)nc1. The first-order chi connectivity index (χ1) is 10.7. The predicted molar refractivity (Wildman–Crippen MR) is 104 cm³/mol. The fraction of sp³-hybridized carbons (Fsp3) is 0.250. The summed E-state index contributed by atoms with van der Waals surface area (Å²) >= 11 is 3.36. The fourth-order valence-electron chi connectivity index (χ4n) is 1.77. The second-order valence-corrected chi connectivity index (χ2v) is 5.61. The van der Waals surface area contributed by atoms with E-state index < -0.39 is 0 Å². The number of carbonyl (C=O) groups is 1. The van der Waals surface area contributed by atoms with E-state index in [4.69, 9.17) is 10.5 Å². The van der Waals surface area contributed by atoms with Gasteiger partial charge in [0.2, 0.25) is 5.88 Å². The number of benzene rings is 1. The van der Waals surface area contributed by atoms with Crippen LogP contribution in [0, 0.1) is 0 Å². The van der Waals surface area contributed by atoms with Crippen LogP contribution in [0.5, 0.6) is 11.6 Å². The van der Waals surface area contributed by atoms with Crippen molar-refractivity contribution in [1.29, 1.82) is 0 Å². The smallest absolute Gasteiger partial charge is 0.252 e. The summed E-state index contributed by atoms with van der Waals surface area (Å²) in [7, 11) is 0. The molecule has 1 heterocycles. The van der Waals surface area contributed by atoms with Crippen LogP contribution in [0.4, 0.5) is 0 Å². The van der Waals surface area contributed by atoms with Crippen molar-refractivity contribution in [3.63, 3.8) is 0 Å². The van der Waals surface area contributed by atoms with Crippen molar-refractivity contribution in [3.8, 4) is 11.6 Å². The molecule has 3 N–H and O–H groups in total. The van der Waals surface area contributed by atoms with Gasteiger partial charge in [0.1, 0.15) is 5.75 Å². The van der Waals surface area contributed by atoms with Crippen molar-refractivity contribution in [2.45, 2.75) is 12.8 Å². The van der Waals surface area contributed by atoms with Crippen molar-refractivity contribution in [1.82, 2.24) is 10.3 Å². The van der Waals surface area contributed by atoms with E-state index in [1.165, 1.54) is 6.20 Å².